The molecule has 4 aliphatic rings. The lowest BCUT2D eigenvalue weighted by Crippen LogP contribution is -2.54. The topological polar surface area (TPSA) is 26.0 Å². The molecule has 2 heteroatoms. The third-order valence-corrected chi connectivity index (χ3v) is 6.66. The fraction of sp³-hybridized carbons (Fsp3) is 0.750. The molecule has 4 aliphatic carbocycles. The molecule has 4 saturated carbocycles. The Balaban J connectivity index is 1.71. The number of hydrogen-bond donors (Lipinski definition) is 1. The van der Waals surface area contributed by atoms with Gasteiger partial charge in [-0.25, -0.2) is 0 Å². The average Bonchev–Trinajstić information content (AvgIpc) is 2.77. The zero-order valence-electron chi connectivity index (χ0n) is 11.2. The molecule has 0 aromatic carbocycles. The van der Waals surface area contributed by atoms with Crippen molar-refractivity contribution in [1.82, 2.24) is 0 Å². The number of rotatable bonds is 2. The van der Waals surface area contributed by atoms with Crippen molar-refractivity contribution in [2.24, 2.45) is 28.4 Å². The summed E-state index contributed by atoms with van der Waals surface area (Å²) in [4.78, 5) is 0. The SMILES string of the molecule is CC12CC3CC(C1)CC(C(N)c1ccsc1)(C3)C2. The molecule has 1 nitrogen and oxygen atoms in total. The van der Waals surface area contributed by atoms with Gasteiger partial charge in [0.15, 0.2) is 0 Å². The standard InChI is InChI=1S/C16H23NS/c1-15-5-11-4-12(6-15)8-16(7-11,10-15)14(17)13-2-3-18-9-13/h2-3,9,11-12,14H,4-8,10,17H2,1H3. The maximum absolute atomic E-state index is 6.70. The molecule has 5 rings (SSSR count). The molecule has 0 saturated heterocycles. The molecule has 1 heterocycles. The van der Waals surface area contributed by atoms with E-state index in [0.29, 0.717) is 10.8 Å². The number of nitrogens with two attached hydrogens (primary N) is 1. The van der Waals surface area contributed by atoms with Crippen molar-refractivity contribution in [3.8, 4) is 0 Å². The van der Waals surface area contributed by atoms with Crippen LogP contribution in [-0.2, 0) is 0 Å². The monoisotopic (exact) mass is 261 g/mol. The van der Waals surface area contributed by atoms with Crippen LogP contribution in [0.1, 0.15) is 57.1 Å². The summed E-state index contributed by atoms with van der Waals surface area (Å²) in [7, 11) is 0. The van der Waals surface area contributed by atoms with Gasteiger partial charge in [-0.3, -0.25) is 0 Å². The van der Waals surface area contributed by atoms with Crippen LogP contribution in [0, 0.1) is 22.7 Å². The van der Waals surface area contributed by atoms with Crippen molar-refractivity contribution in [3.63, 3.8) is 0 Å². The highest BCUT2D eigenvalue weighted by atomic mass is 32.1. The van der Waals surface area contributed by atoms with Gasteiger partial charge < -0.3 is 5.73 Å². The van der Waals surface area contributed by atoms with Crippen LogP contribution in [0.3, 0.4) is 0 Å². The molecule has 0 radical (unpaired) electrons. The fourth-order valence-corrected chi connectivity index (χ4v) is 6.66. The summed E-state index contributed by atoms with van der Waals surface area (Å²) >= 11 is 1.79. The van der Waals surface area contributed by atoms with E-state index in [9.17, 15) is 0 Å². The lowest BCUT2D eigenvalue weighted by molar-refractivity contribution is -0.113. The molecular formula is C16H23NS. The van der Waals surface area contributed by atoms with Crippen LogP contribution >= 0.6 is 11.3 Å². The summed E-state index contributed by atoms with van der Waals surface area (Å²) in [6.07, 6.45) is 8.62. The molecule has 0 spiro atoms. The van der Waals surface area contributed by atoms with Crippen LogP contribution in [0.5, 0.6) is 0 Å². The van der Waals surface area contributed by atoms with E-state index >= 15 is 0 Å². The van der Waals surface area contributed by atoms with E-state index in [1.54, 1.807) is 11.3 Å². The summed E-state index contributed by atoms with van der Waals surface area (Å²) in [5.74, 6) is 1.95. The summed E-state index contributed by atoms with van der Waals surface area (Å²) in [6.45, 7) is 2.53. The second kappa shape index (κ2) is 3.61. The van der Waals surface area contributed by atoms with Crippen LogP contribution < -0.4 is 5.73 Å². The second-order valence-electron chi connectivity index (χ2n) is 7.67. The van der Waals surface area contributed by atoms with Gasteiger partial charge in [-0.15, -0.1) is 0 Å². The first-order valence-electron chi connectivity index (χ1n) is 7.36. The van der Waals surface area contributed by atoms with Gasteiger partial charge in [0.2, 0.25) is 0 Å². The van der Waals surface area contributed by atoms with Crippen molar-refractivity contribution >= 4 is 11.3 Å². The second-order valence-corrected chi connectivity index (χ2v) is 8.45. The fourth-order valence-electron chi connectivity index (χ4n) is 5.97. The van der Waals surface area contributed by atoms with E-state index in [1.807, 2.05) is 0 Å². The lowest BCUT2D eigenvalue weighted by Gasteiger charge is -2.63. The van der Waals surface area contributed by atoms with Gasteiger partial charge in [-0.05, 0) is 83.6 Å². The van der Waals surface area contributed by atoms with E-state index in [1.165, 1.54) is 44.1 Å². The highest BCUT2D eigenvalue weighted by Gasteiger charge is 2.57. The van der Waals surface area contributed by atoms with Crippen molar-refractivity contribution < 1.29 is 0 Å². The highest BCUT2D eigenvalue weighted by molar-refractivity contribution is 7.07. The minimum absolute atomic E-state index is 0.286. The predicted octanol–water partition coefficient (Wildman–Crippen LogP) is 4.35. The van der Waals surface area contributed by atoms with E-state index in [-0.39, 0.29) is 6.04 Å². The molecule has 18 heavy (non-hydrogen) atoms. The average molecular weight is 261 g/mol. The zero-order valence-corrected chi connectivity index (χ0v) is 12.0. The third kappa shape index (κ3) is 1.55. The van der Waals surface area contributed by atoms with Crippen LogP contribution in [0.15, 0.2) is 16.8 Å². The van der Waals surface area contributed by atoms with Crippen LogP contribution in [0.25, 0.3) is 0 Å². The van der Waals surface area contributed by atoms with Crippen molar-refractivity contribution in [2.45, 2.75) is 51.5 Å². The van der Waals surface area contributed by atoms with Gasteiger partial charge in [0.25, 0.3) is 0 Å². The van der Waals surface area contributed by atoms with E-state index in [4.69, 9.17) is 5.73 Å². The Morgan fingerprint density at radius 1 is 1.28 bits per heavy atom. The Kier molecular flexibility index (Phi) is 2.30. The quantitative estimate of drug-likeness (QED) is 0.841. The molecule has 3 unspecified atom stereocenters. The van der Waals surface area contributed by atoms with E-state index < -0.39 is 0 Å². The van der Waals surface area contributed by atoms with Crippen LogP contribution in [0.4, 0.5) is 0 Å². The van der Waals surface area contributed by atoms with Crippen molar-refractivity contribution in [3.05, 3.63) is 22.4 Å². The van der Waals surface area contributed by atoms with Gasteiger partial charge in [0.05, 0.1) is 0 Å². The Labute approximate surface area is 114 Å². The van der Waals surface area contributed by atoms with E-state index in [0.717, 1.165) is 11.8 Å². The largest absolute Gasteiger partial charge is 0.323 e. The van der Waals surface area contributed by atoms with Crippen LogP contribution in [-0.4, -0.2) is 0 Å². The van der Waals surface area contributed by atoms with Crippen molar-refractivity contribution in [2.75, 3.05) is 0 Å². The number of thiophene rings is 1. The maximum Gasteiger partial charge on any atom is 0.0360 e. The first-order valence-corrected chi connectivity index (χ1v) is 8.31. The van der Waals surface area contributed by atoms with Gasteiger partial charge >= 0.3 is 0 Å². The first kappa shape index (κ1) is 11.5. The summed E-state index contributed by atoms with van der Waals surface area (Å²) in [5, 5.41) is 4.45. The summed E-state index contributed by atoms with van der Waals surface area (Å²) in [5.41, 5.74) is 9.14. The van der Waals surface area contributed by atoms with Crippen molar-refractivity contribution in [1.29, 1.82) is 0 Å². The van der Waals surface area contributed by atoms with Gasteiger partial charge in [0.1, 0.15) is 0 Å². The van der Waals surface area contributed by atoms with E-state index in [2.05, 4.69) is 23.8 Å². The predicted molar refractivity (Wildman–Crippen MR) is 76.5 cm³/mol. The molecule has 3 atom stereocenters. The van der Waals surface area contributed by atoms with Gasteiger partial charge in [-0.1, -0.05) is 6.92 Å². The molecule has 0 amide bonds. The highest BCUT2D eigenvalue weighted by Crippen LogP contribution is 2.67. The maximum atomic E-state index is 6.70. The molecule has 98 valence electrons. The summed E-state index contributed by atoms with van der Waals surface area (Å²) < 4.78 is 0. The van der Waals surface area contributed by atoms with Gasteiger partial charge in [0, 0.05) is 6.04 Å². The van der Waals surface area contributed by atoms with Gasteiger partial charge in [-0.2, -0.15) is 11.3 Å². The molecule has 4 bridgehead atoms. The molecule has 0 aliphatic heterocycles. The molecule has 2 N–H and O–H groups in total. The third-order valence-electron chi connectivity index (χ3n) is 5.96. The Hall–Kier alpha value is -0.340. The molecule has 1 aromatic rings. The normalized spacial score (nSPS) is 47.4. The minimum atomic E-state index is 0.286. The molecule has 4 fully saturated rings. The van der Waals surface area contributed by atoms with Crippen LogP contribution in [0.2, 0.25) is 0 Å². The summed E-state index contributed by atoms with van der Waals surface area (Å²) in [6, 6.07) is 2.53. The lowest BCUT2D eigenvalue weighted by atomic mass is 9.43. The Bertz CT molecular complexity index is 436. The Morgan fingerprint density at radius 3 is 2.56 bits per heavy atom. The Morgan fingerprint density at radius 2 is 2.00 bits per heavy atom. The zero-order chi connectivity index (χ0) is 12.4. The smallest absolute Gasteiger partial charge is 0.0360 e. The molecule has 1 aromatic heterocycles. The minimum Gasteiger partial charge on any atom is -0.323 e. The first-order chi connectivity index (χ1) is 8.59. The molecular weight excluding hydrogens is 238 g/mol. The number of hydrogen-bond acceptors (Lipinski definition) is 2.